The van der Waals surface area contributed by atoms with Gasteiger partial charge in [-0.05, 0) is 95.5 Å². The van der Waals surface area contributed by atoms with E-state index in [0.29, 0.717) is 11.8 Å². The molecule has 1 saturated heterocycles. The Balaban J connectivity index is 1.64. The standard InChI is InChI=1S/C28H28O3/c1-13-7-17-18-8-14(2)16(4)10-20(18)26-25(19(17)9-15(13)3)27-21-11-23(29-5)24(30-6)12-22(21)28(26)31-27/h7-12,25-28H,1-6H3/t25-,26+,27+,28-. The second kappa shape index (κ2) is 6.37. The maximum atomic E-state index is 6.73. The Bertz CT molecular complexity index is 1160. The maximum absolute atomic E-state index is 6.73. The highest BCUT2D eigenvalue weighted by atomic mass is 16.5. The predicted molar refractivity (Wildman–Crippen MR) is 122 cm³/mol. The fourth-order valence-electron chi connectivity index (χ4n) is 6.05. The van der Waals surface area contributed by atoms with E-state index in [1.54, 1.807) is 14.2 Å². The molecule has 3 nitrogen and oxygen atoms in total. The third-order valence-corrected chi connectivity index (χ3v) is 7.87. The van der Waals surface area contributed by atoms with Gasteiger partial charge in [0, 0.05) is 11.8 Å². The molecule has 0 spiro atoms. The number of hydrogen-bond donors (Lipinski definition) is 0. The van der Waals surface area contributed by atoms with Gasteiger partial charge in [-0.2, -0.15) is 0 Å². The Morgan fingerprint density at radius 2 is 0.935 bits per heavy atom. The number of fused-ring (bicyclic) bond motifs is 13. The van der Waals surface area contributed by atoms with Crippen LogP contribution < -0.4 is 9.47 Å². The molecule has 0 amide bonds. The summed E-state index contributed by atoms with van der Waals surface area (Å²) in [5, 5.41) is 0. The number of ether oxygens (including phenoxy) is 3. The number of rotatable bonds is 2. The number of benzene rings is 3. The lowest BCUT2D eigenvalue weighted by Crippen LogP contribution is -2.24. The van der Waals surface area contributed by atoms with Crippen molar-refractivity contribution >= 4 is 0 Å². The normalized spacial score (nSPS) is 24.3. The molecule has 3 aromatic rings. The molecule has 3 aliphatic rings. The second-order valence-electron chi connectivity index (χ2n) is 9.41. The summed E-state index contributed by atoms with van der Waals surface area (Å²) in [5.74, 6) is 2.19. The highest BCUT2D eigenvalue weighted by molar-refractivity contribution is 5.79. The lowest BCUT2D eigenvalue weighted by molar-refractivity contribution is 0.0643. The van der Waals surface area contributed by atoms with E-state index in [2.05, 4.69) is 64.1 Å². The van der Waals surface area contributed by atoms with Gasteiger partial charge in [-0.15, -0.1) is 0 Å². The summed E-state index contributed by atoms with van der Waals surface area (Å²) < 4.78 is 18.0. The third-order valence-electron chi connectivity index (χ3n) is 7.87. The molecule has 2 aliphatic heterocycles. The fourth-order valence-corrected chi connectivity index (χ4v) is 6.05. The number of hydrogen-bond acceptors (Lipinski definition) is 3. The van der Waals surface area contributed by atoms with Crippen LogP contribution in [-0.4, -0.2) is 14.2 Å². The van der Waals surface area contributed by atoms with E-state index in [1.165, 1.54) is 55.6 Å². The maximum Gasteiger partial charge on any atom is 0.161 e. The zero-order chi connectivity index (χ0) is 21.6. The van der Waals surface area contributed by atoms with Crippen molar-refractivity contribution < 1.29 is 14.2 Å². The largest absolute Gasteiger partial charge is 0.493 e. The fraction of sp³-hybridized carbons (Fsp3) is 0.357. The molecule has 158 valence electrons. The summed E-state index contributed by atoms with van der Waals surface area (Å²) in [4.78, 5) is 0. The van der Waals surface area contributed by atoms with Crippen LogP contribution >= 0.6 is 0 Å². The SMILES string of the molecule is COc1cc2c(cc1OC)[C@@H]1O[C@H]2[C@H]2c3cc(C)c(C)cc3-c3cc(C)c(C)cc3[C@H]21. The topological polar surface area (TPSA) is 27.7 Å². The van der Waals surface area contributed by atoms with Crippen molar-refractivity contribution in [3.05, 3.63) is 80.9 Å². The van der Waals surface area contributed by atoms with E-state index < -0.39 is 0 Å². The minimum Gasteiger partial charge on any atom is -0.493 e. The Morgan fingerprint density at radius 1 is 0.548 bits per heavy atom. The van der Waals surface area contributed by atoms with Crippen LogP contribution in [0.25, 0.3) is 11.1 Å². The molecule has 0 aromatic heterocycles. The number of aryl methyl sites for hydroxylation is 4. The Morgan fingerprint density at radius 3 is 1.32 bits per heavy atom. The van der Waals surface area contributed by atoms with Crippen LogP contribution in [0.4, 0.5) is 0 Å². The van der Waals surface area contributed by atoms with Crippen molar-refractivity contribution in [3.8, 4) is 22.6 Å². The van der Waals surface area contributed by atoms with Gasteiger partial charge in [0.05, 0.1) is 26.4 Å². The van der Waals surface area contributed by atoms with Gasteiger partial charge in [-0.3, -0.25) is 0 Å². The average molecular weight is 413 g/mol. The quantitative estimate of drug-likeness (QED) is 0.474. The summed E-state index contributed by atoms with van der Waals surface area (Å²) in [5.41, 5.74) is 13.5. The summed E-state index contributed by atoms with van der Waals surface area (Å²) in [7, 11) is 3.40. The smallest absolute Gasteiger partial charge is 0.161 e. The molecule has 1 fully saturated rings. The molecule has 0 N–H and O–H groups in total. The van der Waals surface area contributed by atoms with Crippen LogP contribution in [0.2, 0.25) is 0 Å². The Hall–Kier alpha value is -2.78. The van der Waals surface area contributed by atoms with E-state index in [-0.39, 0.29) is 12.2 Å². The van der Waals surface area contributed by atoms with Crippen LogP contribution in [0.5, 0.6) is 11.5 Å². The first-order chi connectivity index (χ1) is 14.9. The number of methoxy groups -OCH3 is 2. The van der Waals surface area contributed by atoms with Crippen LogP contribution in [0.3, 0.4) is 0 Å². The van der Waals surface area contributed by atoms with Crippen LogP contribution in [0.1, 0.15) is 68.6 Å². The van der Waals surface area contributed by atoms with Crippen molar-refractivity contribution in [1.82, 2.24) is 0 Å². The van der Waals surface area contributed by atoms with E-state index in [0.717, 1.165) is 11.5 Å². The van der Waals surface area contributed by atoms with E-state index in [4.69, 9.17) is 14.2 Å². The van der Waals surface area contributed by atoms with Crippen molar-refractivity contribution in [2.24, 2.45) is 0 Å². The minimum absolute atomic E-state index is 0.0421. The first-order valence-corrected chi connectivity index (χ1v) is 11.1. The zero-order valence-corrected chi connectivity index (χ0v) is 19.0. The first-order valence-electron chi connectivity index (χ1n) is 11.1. The molecular weight excluding hydrogens is 384 g/mol. The van der Waals surface area contributed by atoms with Gasteiger partial charge in [0.15, 0.2) is 11.5 Å². The predicted octanol–water partition coefficient (Wildman–Crippen LogP) is 6.61. The molecule has 6 rings (SSSR count). The molecule has 1 aliphatic carbocycles. The molecule has 0 saturated carbocycles. The van der Waals surface area contributed by atoms with E-state index in [1.807, 2.05) is 0 Å². The molecule has 4 atom stereocenters. The lowest BCUT2D eigenvalue weighted by atomic mass is 9.63. The van der Waals surface area contributed by atoms with Crippen LogP contribution in [0, 0.1) is 27.7 Å². The lowest BCUT2D eigenvalue weighted by Gasteiger charge is -2.38. The molecule has 2 heterocycles. The highest BCUT2D eigenvalue weighted by Crippen LogP contribution is 2.69. The van der Waals surface area contributed by atoms with Gasteiger partial charge in [0.2, 0.25) is 0 Å². The Labute approximate surface area is 184 Å². The molecule has 0 unspecified atom stereocenters. The van der Waals surface area contributed by atoms with E-state index >= 15 is 0 Å². The van der Waals surface area contributed by atoms with Crippen molar-refractivity contribution in [2.75, 3.05) is 14.2 Å². The van der Waals surface area contributed by atoms with Crippen LogP contribution in [0.15, 0.2) is 36.4 Å². The first kappa shape index (κ1) is 18.9. The summed E-state index contributed by atoms with van der Waals surface area (Å²) in [6.07, 6.45) is 0.0841. The monoisotopic (exact) mass is 412 g/mol. The van der Waals surface area contributed by atoms with Gasteiger partial charge in [0.25, 0.3) is 0 Å². The summed E-state index contributed by atoms with van der Waals surface area (Å²) in [6, 6.07) is 13.8. The Kier molecular flexibility index (Phi) is 3.89. The van der Waals surface area contributed by atoms with Crippen molar-refractivity contribution in [3.63, 3.8) is 0 Å². The minimum atomic E-state index is 0.0421. The van der Waals surface area contributed by atoms with Gasteiger partial charge < -0.3 is 14.2 Å². The van der Waals surface area contributed by atoms with Crippen molar-refractivity contribution in [1.29, 1.82) is 0 Å². The van der Waals surface area contributed by atoms with Crippen LogP contribution in [-0.2, 0) is 4.74 Å². The molecule has 3 heteroatoms. The highest BCUT2D eigenvalue weighted by Gasteiger charge is 2.56. The third kappa shape index (κ3) is 2.38. The van der Waals surface area contributed by atoms with Gasteiger partial charge in [-0.1, -0.05) is 24.3 Å². The van der Waals surface area contributed by atoms with Gasteiger partial charge in [-0.25, -0.2) is 0 Å². The second-order valence-corrected chi connectivity index (χ2v) is 9.41. The molecule has 31 heavy (non-hydrogen) atoms. The molecular formula is C28H28O3. The van der Waals surface area contributed by atoms with E-state index in [9.17, 15) is 0 Å². The molecule has 0 radical (unpaired) electrons. The van der Waals surface area contributed by atoms with Gasteiger partial charge >= 0.3 is 0 Å². The van der Waals surface area contributed by atoms with Gasteiger partial charge in [0.1, 0.15) is 0 Å². The average Bonchev–Trinajstić information content (AvgIpc) is 3.32. The van der Waals surface area contributed by atoms with Crippen molar-refractivity contribution in [2.45, 2.75) is 51.7 Å². The molecule has 2 bridgehead atoms. The summed E-state index contributed by atoms with van der Waals surface area (Å²) in [6.45, 7) is 8.87. The zero-order valence-electron chi connectivity index (χ0n) is 19.0. The molecule has 3 aromatic carbocycles. The summed E-state index contributed by atoms with van der Waals surface area (Å²) >= 11 is 0.